The Labute approximate surface area is 197 Å². The Morgan fingerprint density at radius 2 is 1.56 bits per heavy atom. The Bertz CT molecular complexity index is 1420. The van der Waals surface area contributed by atoms with Gasteiger partial charge < -0.3 is 14.7 Å². The third-order valence-electron chi connectivity index (χ3n) is 6.78. The van der Waals surface area contributed by atoms with Crippen molar-refractivity contribution in [2.45, 2.75) is 6.42 Å². The van der Waals surface area contributed by atoms with Crippen LogP contribution in [0.4, 0.5) is 17.3 Å². The van der Waals surface area contributed by atoms with Crippen molar-refractivity contribution in [3.05, 3.63) is 94.3 Å². The van der Waals surface area contributed by atoms with Crippen molar-refractivity contribution >= 4 is 34.1 Å². The number of benzene rings is 3. The van der Waals surface area contributed by atoms with E-state index in [9.17, 15) is 9.59 Å². The predicted molar refractivity (Wildman–Crippen MR) is 134 cm³/mol. The van der Waals surface area contributed by atoms with Crippen molar-refractivity contribution in [1.82, 2.24) is 14.9 Å². The molecule has 170 valence electrons. The maximum absolute atomic E-state index is 13.1. The summed E-state index contributed by atoms with van der Waals surface area (Å²) in [4.78, 5) is 39.2. The number of carbonyl (C=O) groups excluding carboxylic acids is 1. The van der Waals surface area contributed by atoms with Gasteiger partial charge in [0.15, 0.2) is 0 Å². The van der Waals surface area contributed by atoms with E-state index in [1.165, 1.54) is 11.3 Å². The Hall–Kier alpha value is -4.13. The fourth-order valence-corrected chi connectivity index (χ4v) is 4.92. The van der Waals surface area contributed by atoms with E-state index >= 15 is 0 Å². The summed E-state index contributed by atoms with van der Waals surface area (Å²) in [6.45, 7) is 3.36. The molecule has 6 rings (SSSR count). The molecule has 1 amide bonds. The maximum Gasteiger partial charge on any atom is 0.260 e. The molecule has 0 aliphatic carbocycles. The lowest BCUT2D eigenvalue weighted by atomic mass is 10.1. The highest BCUT2D eigenvalue weighted by molar-refractivity contribution is 5.95. The molecule has 1 N–H and O–H groups in total. The molecule has 7 heteroatoms. The number of aromatic amines is 1. The smallest absolute Gasteiger partial charge is 0.260 e. The lowest BCUT2D eigenvalue weighted by Gasteiger charge is -2.35. The second-order valence-corrected chi connectivity index (χ2v) is 8.76. The van der Waals surface area contributed by atoms with Gasteiger partial charge in [-0.05, 0) is 54.4 Å². The zero-order valence-corrected chi connectivity index (χ0v) is 18.8. The number of para-hydroxylation sites is 2. The normalized spacial score (nSPS) is 15.6. The van der Waals surface area contributed by atoms with Gasteiger partial charge in [-0.25, -0.2) is 4.98 Å². The van der Waals surface area contributed by atoms with Crippen LogP contribution >= 0.6 is 0 Å². The molecule has 0 radical (unpaired) electrons. The molecule has 3 aromatic carbocycles. The van der Waals surface area contributed by atoms with Crippen molar-refractivity contribution < 1.29 is 4.79 Å². The zero-order chi connectivity index (χ0) is 23.1. The molecule has 4 aromatic rings. The summed E-state index contributed by atoms with van der Waals surface area (Å²) >= 11 is 0. The van der Waals surface area contributed by atoms with Crippen LogP contribution in [0.25, 0.3) is 10.9 Å². The molecule has 0 saturated carbocycles. The van der Waals surface area contributed by atoms with E-state index in [2.05, 4.69) is 39.1 Å². The Balaban J connectivity index is 1.13. The molecule has 34 heavy (non-hydrogen) atoms. The molecule has 0 atom stereocenters. The first-order valence-corrected chi connectivity index (χ1v) is 11.7. The number of piperazine rings is 1. The highest BCUT2D eigenvalue weighted by Gasteiger charge is 2.25. The molecule has 2 aliphatic rings. The molecule has 3 heterocycles. The monoisotopic (exact) mass is 451 g/mol. The largest absolute Gasteiger partial charge is 0.341 e. The lowest BCUT2D eigenvalue weighted by Crippen LogP contribution is -2.49. The third kappa shape index (κ3) is 3.59. The van der Waals surface area contributed by atoms with Gasteiger partial charge in [0.25, 0.3) is 11.5 Å². The first kappa shape index (κ1) is 20.5. The van der Waals surface area contributed by atoms with Gasteiger partial charge in [-0.1, -0.05) is 30.3 Å². The number of carbonyl (C=O) groups is 1. The SMILES string of the molecule is O=C(c1ccc(N2CCc3ccccc32)cc1)N1CCN(c2nc3ccccc3c(=O)[nH]2)CC1. The first-order valence-electron chi connectivity index (χ1n) is 11.7. The summed E-state index contributed by atoms with van der Waals surface area (Å²) < 4.78 is 0. The van der Waals surface area contributed by atoms with Gasteiger partial charge in [-0.15, -0.1) is 0 Å². The van der Waals surface area contributed by atoms with Crippen LogP contribution in [0, 0.1) is 0 Å². The van der Waals surface area contributed by atoms with Gasteiger partial charge >= 0.3 is 0 Å². The quantitative estimate of drug-likeness (QED) is 0.516. The zero-order valence-electron chi connectivity index (χ0n) is 18.8. The van der Waals surface area contributed by atoms with Crippen LogP contribution < -0.4 is 15.4 Å². The summed E-state index contributed by atoms with van der Waals surface area (Å²) in [5.74, 6) is 0.596. The van der Waals surface area contributed by atoms with Gasteiger partial charge in [-0.3, -0.25) is 14.6 Å². The summed E-state index contributed by atoms with van der Waals surface area (Å²) in [6, 6.07) is 23.7. The van der Waals surface area contributed by atoms with Crippen molar-refractivity contribution in [2.75, 3.05) is 42.5 Å². The summed E-state index contributed by atoms with van der Waals surface area (Å²) in [5, 5.41) is 0.584. The number of hydrogen-bond donors (Lipinski definition) is 1. The first-order chi connectivity index (χ1) is 16.7. The molecule has 1 fully saturated rings. The molecule has 7 nitrogen and oxygen atoms in total. The van der Waals surface area contributed by atoms with E-state index in [0.29, 0.717) is 48.6 Å². The number of nitrogens with one attached hydrogen (secondary N) is 1. The maximum atomic E-state index is 13.1. The molecule has 0 bridgehead atoms. The molecule has 0 unspecified atom stereocenters. The molecule has 2 aliphatic heterocycles. The molecular weight excluding hydrogens is 426 g/mol. The Morgan fingerprint density at radius 3 is 2.38 bits per heavy atom. The number of anilines is 3. The van der Waals surface area contributed by atoms with Crippen LogP contribution in [0.1, 0.15) is 15.9 Å². The van der Waals surface area contributed by atoms with Gasteiger partial charge in [0, 0.05) is 49.7 Å². The van der Waals surface area contributed by atoms with Crippen molar-refractivity contribution in [3.8, 4) is 0 Å². The highest BCUT2D eigenvalue weighted by Crippen LogP contribution is 2.34. The minimum Gasteiger partial charge on any atom is -0.341 e. The predicted octanol–water partition coefficient (Wildman–Crippen LogP) is 3.58. The summed E-state index contributed by atoms with van der Waals surface area (Å²) in [6.07, 6.45) is 1.04. The number of hydrogen-bond acceptors (Lipinski definition) is 5. The minimum absolute atomic E-state index is 0.0352. The minimum atomic E-state index is -0.139. The van der Waals surface area contributed by atoms with Crippen molar-refractivity contribution in [2.24, 2.45) is 0 Å². The fraction of sp³-hybridized carbons (Fsp3) is 0.222. The number of H-pyrrole nitrogens is 1. The standard InChI is InChI=1S/C27H25N5O2/c33-25-22-6-2-3-7-23(22)28-27(29-25)31-17-15-30(16-18-31)26(34)20-9-11-21(12-10-20)32-14-13-19-5-1-4-8-24(19)32/h1-12H,13-18H2,(H,28,29,33). The van der Waals surface area contributed by atoms with Crippen molar-refractivity contribution in [1.29, 1.82) is 0 Å². The average Bonchev–Trinajstić information content (AvgIpc) is 3.33. The van der Waals surface area contributed by atoms with Gasteiger partial charge in [0.05, 0.1) is 10.9 Å². The highest BCUT2D eigenvalue weighted by atomic mass is 16.2. The Kier molecular flexibility index (Phi) is 5.02. The second-order valence-electron chi connectivity index (χ2n) is 8.76. The third-order valence-corrected chi connectivity index (χ3v) is 6.78. The van der Waals surface area contributed by atoms with Crippen LogP contribution in [0.2, 0.25) is 0 Å². The topological polar surface area (TPSA) is 72.5 Å². The average molecular weight is 452 g/mol. The van der Waals surface area contributed by atoms with E-state index in [1.807, 2.05) is 52.3 Å². The van der Waals surface area contributed by atoms with Gasteiger partial charge in [0.2, 0.25) is 5.95 Å². The van der Waals surface area contributed by atoms with Crippen LogP contribution in [0.15, 0.2) is 77.6 Å². The number of aromatic nitrogens is 2. The number of rotatable bonds is 3. The summed E-state index contributed by atoms with van der Waals surface area (Å²) in [7, 11) is 0. The molecule has 0 spiro atoms. The van der Waals surface area contributed by atoms with Gasteiger partial charge in [-0.2, -0.15) is 0 Å². The van der Waals surface area contributed by atoms with E-state index in [0.717, 1.165) is 18.7 Å². The lowest BCUT2D eigenvalue weighted by molar-refractivity contribution is 0.0746. The van der Waals surface area contributed by atoms with Crippen molar-refractivity contribution in [3.63, 3.8) is 0 Å². The fourth-order valence-electron chi connectivity index (χ4n) is 4.92. The van der Waals surface area contributed by atoms with E-state index < -0.39 is 0 Å². The van der Waals surface area contributed by atoms with E-state index in [4.69, 9.17) is 0 Å². The molecule has 1 aromatic heterocycles. The number of fused-ring (bicyclic) bond motifs is 2. The summed E-state index contributed by atoms with van der Waals surface area (Å²) in [5.41, 5.74) is 4.96. The van der Waals surface area contributed by atoms with Crippen LogP contribution in [-0.4, -0.2) is 53.5 Å². The Morgan fingerprint density at radius 1 is 0.824 bits per heavy atom. The van der Waals surface area contributed by atoms with Crippen LogP contribution in [0.3, 0.4) is 0 Å². The number of nitrogens with zero attached hydrogens (tertiary/aromatic N) is 4. The second kappa shape index (κ2) is 8.33. The van der Waals surface area contributed by atoms with Crippen LogP contribution in [0.5, 0.6) is 0 Å². The molecular formula is C27H25N5O2. The van der Waals surface area contributed by atoms with Gasteiger partial charge in [0.1, 0.15) is 0 Å². The van der Waals surface area contributed by atoms with E-state index in [-0.39, 0.29) is 11.5 Å². The molecule has 1 saturated heterocycles. The van der Waals surface area contributed by atoms with E-state index in [1.54, 1.807) is 6.07 Å². The van der Waals surface area contributed by atoms with Crippen LogP contribution in [-0.2, 0) is 6.42 Å². The number of amides is 1.